The van der Waals surface area contributed by atoms with Crippen molar-refractivity contribution in [1.29, 1.82) is 0 Å². The average molecular weight is 421 g/mol. The molecule has 8 N–H and O–H groups in total. The molecule has 0 radical (unpaired) electrons. The lowest BCUT2D eigenvalue weighted by atomic mass is 10.1. The summed E-state index contributed by atoms with van der Waals surface area (Å²) in [6, 6.07) is 0. The van der Waals surface area contributed by atoms with Gasteiger partial charge in [-0.05, 0) is 13.8 Å². The molecule has 4 atom stereocenters. The predicted molar refractivity (Wildman–Crippen MR) is 91.7 cm³/mol. The Labute approximate surface area is 156 Å². The highest BCUT2D eigenvalue weighted by atomic mass is 31.2. The summed E-state index contributed by atoms with van der Waals surface area (Å²) >= 11 is 0. The SMILES string of the molecule is CC(C)(O)c1nc2c(=O)[nH]c(N)nc2n1C1OC(COP(=O)(O)O)C(O)C1O. The molecule has 0 bridgehead atoms. The molecule has 0 saturated carbocycles. The van der Waals surface area contributed by atoms with Crippen molar-refractivity contribution < 1.29 is 38.9 Å². The molecule has 1 fully saturated rings. The fraction of sp³-hybridized carbons (Fsp3) is 0.615. The van der Waals surface area contributed by atoms with Crippen LogP contribution in [-0.4, -0.2) is 69.5 Å². The smallest absolute Gasteiger partial charge is 0.387 e. The molecular formula is C13H20N5O9P. The largest absolute Gasteiger partial charge is 0.469 e. The van der Waals surface area contributed by atoms with Crippen LogP contribution in [0, 0.1) is 0 Å². The number of phosphoric acid groups is 1. The van der Waals surface area contributed by atoms with Gasteiger partial charge in [0.15, 0.2) is 17.4 Å². The summed E-state index contributed by atoms with van der Waals surface area (Å²) < 4.78 is 21.8. The number of hydrogen-bond donors (Lipinski definition) is 7. The van der Waals surface area contributed by atoms with Gasteiger partial charge >= 0.3 is 7.82 Å². The Balaban J connectivity index is 2.09. The third-order valence-electron chi connectivity index (χ3n) is 4.11. The Morgan fingerprint density at radius 1 is 1.32 bits per heavy atom. The van der Waals surface area contributed by atoms with Crippen molar-refractivity contribution in [2.45, 2.75) is 44.0 Å². The first-order valence-electron chi connectivity index (χ1n) is 8.02. The van der Waals surface area contributed by atoms with E-state index in [0.717, 1.165) is 4.57 Å². The van der Waals surface area contributed by atoms with E-state index in [-0.39, 0.29) is 22.9 Å². The van der Waals surface area contributed by atoms with Gasteiger partial charge in [0.25, 0.3) is 5.56 Å². The van der Waals surface area contributed by atoms with E-state index in [0.29, 0.717) is 0 Å². The molecule has 0 aliphatic carbocycles. The number of nitrogens with one attached hydrogen (secondary N) is 1. The number of fused-ring (bicyclic) bond motifs is 1. The highest BCUT2D eigenvalue weighted by Crippen LogP contribution is 2.39. The Bertz CT molecular complexity index is 993. The number of H-pyrrole nitrogens is 1. The molecule has 3 heterocycles. The standard InChI is InChI=1S/C13H20N5O9P/c1-13(2,22)11-15-5-8(16-12(14)17-9(5)21)18(11)10-7(20)6(19)4(27-10)3-26-28(23,24)25/h4,6-7,10,19-20,22H,3H2,1-2H3,(H2,23,24,25)(H3,14,16,17,21). The van der Waals surface area contributed by atoms with Gasteiger partial charge in [0.1, 0.15) is 29.7 Å². The lowest BCUT2D eigenvalue weighted by Gasteiger charge is -2.24. The molecular weight excluding hydrogens is 401 g/mol. The van der Waals surface area contributed by atoms with Crippen LogP contribution >= 0.6 is 7.82 Å². The molecule has 28 heavy (non-hydrogen) atoms. The van der Waals surface area contributed by atoms with Crippen molar-refractivity contribution in [1.82, 2.24) is 19.5 Å². The minimum Gasteiger partial charge on any atom is -0.387 e. The minimum atomic E-state index is -4.84. The third kappa shape index (κ3) is 3.81. The number of phosphoric ester groups is 1. The zero-order valence-electron chi connectivity index (χ0n) is 14.8. The first-order valence-corrected chi connectivity index (χ1v) is 9.55. The molecule has 0 spiro atoms. The zero-order valence-corrected chi connectivity index (χ0v) is 15.6. The molecule has 14 nitrogen and oxygen atoms in total. The lowest BCUT2D eigenvalue weighted by molar-refractivity contribution is -0.0575. The van der Waals surface area contributed by atoms with Crippen LogP contribution in [-0.2, 0) is 19.4 Å². The Hall–Kier alpha value is -1.90. The van der Waals surface area contributed by atoms with Crippen LogP contribution in [0.2, 0.25) is 0 Å². The van der Waals surface area contributed by atoms with Gasteiger partial charge in [-0.2, -0.15) is 4.98 Å². The summed E-state index contributed by atoms with van der Waals surface area (Å²) in [5.74, 6) is -0.366. The summed E-state index contributed by atoms with van der Waals surface area (Å²) in [7, 11) is -4.84. The number of aliphatic hydroxyl groups excluding tert-OH is 2. The molecule has 2 aromatic heterocycles. The molecule has 15 heteroatoms. The van der Waals surface area contributed by atoms with E-state index in [1.54, 1.807) is 0 Å². The summed E-state index contributed by atoms with van der Waals surface area (Å²) in [5.41, 5.74) is 2.95. The second kappa shape index (κ2) is 6.86. The molecule has 0 aromatic carbocycles. The maximum atomic E-state index is 12.1. The topological polar surface area (TPSA) is 226 Å². The van der Waals surface area contributed by atoms with Crippen molar-refractivity contribution in [3.63, 3.8) is 0 Å². The Kier molecular flexibility index (Phi) is 5.10. The van der Waals surface area contributed by atoms with E-state index < -0.39 is 50.1 Å². The van der Waals surface area contributed by atoms with Crippen molar-refractivity contribution in [3.05, 3.63) is 16.2 Å². The number of imidazole rings is 1. The van der Waals surface area contributed by atoms with Crippen molar-refractivity contribution in [2.24, 2.45) is 0 Å². The van der Waals surface area contributed by atoms with Gasteiger partial charge in [0.05, 0.1) is 6.61 Å². The molecule has 4 unspecified atom stereocenters. The van der Waals surface area contributed by atoms with E-state index in [4.69, 9.17) is 20.3 Å². The molecule has 0 amide bonds. The zero-order chi connectivity index (χ0) is 21.0. The molecule has 156 valence electrons. The van der Waals surface area contributed by atoms with Crippen LogP contribution in [0.3, 0.4) is 0 Å². The summed E-state index contributed by atoms with van der Waals surface area (Å²) in [5, 5.41) is 31.0. The normalized spacial score (nSPS) is 26.2. The second-order valence-corrected chi connectivity index (χ2v) is 8.06. The molecule has 2 aromatic rings. The number of nitrogen functional groups attached to an aromatic ring is 1. The number of aromatic amines is 1. The van der Waals surface area contributed by atoms with E-state index in [1.165, 1.54) is 13.8 Å². The molecule has 3 rings (SSSR count). The number of aromatic nitrogens is 4. The van der Waals surface area contributed by atoms with Gasteiger partial charge in [0.2, 0.25) is 5.95 Å². The minimum absolute atomic E-state index is 0.112. The number of rotatable bonds is 5. The van der Waals surface area contributed by atoms with Crippen LogP contribution in [0.5, 0.6) is 0 Å². The van der Waals surface area contributed by atoms with Crippen LogP contribution in [0.25, 0.3) is 11.2 Å². The number of ether oxygens (including phenoxy) is 1. The quantitative estimate of drug-likeness (QED) is 0.252. The monoisotopic (exact) mass is 421 g/mol. The first kappa shape index (κ1) is 20.8. The van der Waals surface area contributed by atoms with Crippen LogP contribution < -0.4 is 11.3 Å². The highest BCUT2D eigenvalue weighted by Gasteiger charge is 2.47. The van der Waals surface area contributed by atoms with Crippen LogP contribution in [0.4, 0.5) is 5.95 Å². The number of nitrogens with two attached hydrogens (primary N) is 1. The fourth-order valence-electron chi connectivity index (χ4n) is 2.92. The first-order chi connectivity index (χ1) is 12.8. The molecule has 1 aliphatic rings. The van der Waals surface area contributed by atoms with E-state index in [2.05, 4.69) is 19.5 Å². The maximum absolute atomic E-state index is 12.1. The number of hydrogen-bond acceptors (Lipinski definition) is 10. The van der Waals surface area contributed by atoms with Crippen molar-refractivity contribution in [3.8, 4) is 0 Å². The third-order valence-corrected chi connectivity index (χ3v) is 4.60. The van der Waals surface area contributed by atoms with Crippen LogP contribution in [0.1, 0.15) is 25.9 Å². The van der Waals surface area contributed by atoms with Crippen LogP contribution in [0.15, 0.2) is 4.79 Å². The predicted octanol–water partition coefficient (Wildman–Crippen LogP) is -2.34. The average Bonchev–Trinajstić information content (AvgIpc) is 3.04. The summed E-state index contributed by atoms with van der Waals surface area (Å²) in [6.07, 6.45) is -5.94. The Morgan fingerprint density at radius 2 is 1.96 bits per heavy atom. The number of aliphatic hydroxyl groups is 3. The van der Waals surface area contributed by atoms with Gasteiger partial charge < -0.3 is 35.6 Å². The van der Waals surface area contributed by atoms with E-state index >= 15 is 0 Å². The summed E-state index contributed by atoms with van der Waals surface area (Å²) in [4.78, 5) is 40.0. The summed E-state index contributed by atoms with van der Waals surface area (Å²) in [6.45, 7) is 2.02. The number of nitrogens with zero attached hydrogens (tertiary/aromatic N) is 3. The van der Waals surface area contributed by atoms with Gasteiger partial charge in [-0.15, -0.1) is 0 Å². The van der Waals surface area contributed by atoms with Gasteiger partial charge in [-0.1, -0.05) is 0 Å². The van der Waals surface area contributed by atoms with Gasteiger partial charge in [0, 0.05) is 0 Å². The van der Waals surface area contributed by atoms with E-state index in [9.17, 15) is 24.7 Å². The lowest BCUT2D eigenvalue weighted by Crippen LogP contribution is -2.34. The second-order valence-electron chi connectivity index (χ2n) is 6.82. The molecule has 1 saturated heterocycles. The number of anilines is 1. The van der Waals surface area contributed by atoms with E-state index in [1.807, 2.05) is 0 Å². The highest BCUT2D eigenvalue weighted by molar-refractivity contribution is 7.46. The molecule has 1 aliphatic heterocycles. The fourth-order valence-corrected chi connectivity index (χ4v) is 3.27. The maximum Gasteiger partial charge on any atom is 0.469 e. The van der Waals surface area contributed by atoms with Gasteiger partial charge in [-0.25, -0.2) is 9.55 Å². The van der Waals surface area contributed by atoms with Crippen molar-refractivity contribution in [2.75, 3.05) is 12.3 Å². The Morgan fingerprint density at radius 3 is 2.54 bits per heavy atom. The van der Waals surface area contributed by atoms with Crippen molar-refractivity contribution >= 4 is 24.9 Å². The van der Waals surface area contributed by atoms with Gasteiger partial charge in [-0.3, -0.25) is 18.9 Å².